The SMILES string of the molecule is COc1cc(-c2cn(C)c(=O)c3cnccc23)cc(Cl)c1CN1CC[C@H](N2CCN(c3ccc(N)cc3F)CC2)C(F)(F)C1. The molecule has 0 spiro atoms. The normalized spacial score (nSPS) is 19.4. The Balaban J connectivity index is 1.16. The molecule has 2 aliphatic rings. The molecule has 12 heteroatoms. The number of benzene rings is 2. The largest absolute Gasteiger partial charge is 0.496 e. The van der Waals surface area contributed by atoms with Crippen LogP contribution in [0.15, 0.2) is 59.8 Å². The second-order valence-corrected chi connectivity index (χ2v) is 11.9. The second-order valence-electron chi connectivity index (χ2n) is 11.5. The summed E-state index contributed by atoms with van der Waals surface area (Å²) in [6.07, 6.45) is 5.20. The van der Waals surface area contributed by atoms with E-state index in [4.69, 9.17) is 22.1 Å². The summed E-state index contributed by atoms with van der Waals surface area (Å²) >= 11 is 6.79. The summed E-state index contributed by atoms with van der Waals surface area (Å²) in [5, 5.41) is 1.61. The third-order valence-corrected chi connectivity index (χ3v) is 9.10. The third kappa shape index (κ3) is 5.71. The van der Waals surface area contributed by atoms with Crippen LogP contribution < -0.4 is 20.9 Å². The molecule has 4 aromatic rings. The first-order valence-corrected chi connectivity index (χ1v) is 14.9. The van der Waals surface area contributed by atoms with Crippen LogP contribution in [-0.4, -0.2) is 77.7 Å². The fourth-order valence-corrected chi connectivity index (χ4v) is 6.78. The fourth-order valence-electron chi connectivity index (χ4n) is 6.50. The van der Waals surface area contributed by atoms with Crippen molar-refractivity contribution in [1.29, 1.82) is 0 Å². The van der Waals surface area contributed by atoms with Crippen molar-refractivity contribution >= 4 is 33.7 Å². The molecule has 8 nitrogen and oxygen atoms in total. The number of hydrogen-bond acceptors (Lipinski definition) is 7. The minimum Gasteiger partial charge on any atom is -0.496 e. The van der Waals surface area contributed by atoms with Gasteiger partial charge in [0.15, 0.2) is 0 Å². The molecular weight excluding hydrogens is 593 g/mol. The quantitative estimate of drug-likeness (QED) is 0.301. The summed E-state index contributed by atoms with van der Waals surface area (Å²) in [5.41, 5.74) is 8.45. The van der Waals surface area contributed by atoms with E-state index < -0.39 is 24.3 Å². The van der Waals surface area contributed by atoms with Crippen molar-refractivity contribution in [2.24, 2.45) is 7.05 Å². The predicted molar refractivity (Wildman–Crippen MR) is 167 cm³/mol. The molecular formula is C32H34ClF3N6O2. The van der Waals surface area contributed by atoms with Gasteiger partial charge in [0, 0.05) is 86.7 Å². The minimum atomic E-state index is -2.95. The van der Waals surface area contributed by atoms with E-state index in [1.165, 1.54) is 23.9 Å². The van der Waals surface area contributed by atoms with Crippen LogP contribution in [0.2, 0.25) is 5.02 Å². The van der Waals surface area contributed by atoms with Gasteiger partial charge in [0.25, 0.3) is 11.5 Å². The lowest BCUT2D eigenvalue weighted by Crippen LogP contribution is -2.61. The fraction of sp³-hybridized carbons (Fsp3) is 0.375. The van der Waals surface area contributed by atoms with E-state index in [0.717, 1.165) is 16.5 Å². The van der Waals surface area contributed by atoms with Gasteiger partial charge in [0.2, 0.25) is 0 Å². The van der Waals surface area contributed by atoms with E-state index in [0.29, 0.717) is 72.2 Å². The monoisotopic (exact) mass is 626 g/mol. The first-order valence-electron chi connectivity index (χ1n) is 14.5. The number of aromatic nitrogens is 2. The Morgan fingerprint density at radius 3 is 2.57 bits per heavy atom. The molecule has 4 heterocycles. The van der Waals surface area contributed by atoms with Gasteiger partial charge in [-0.2, -0.15) is 0 Å². The smallest absolute Gasteiger partial charge is 0.275 e. The Hall–Kier alpha value is -3.80. The molecule has 0 radical (unpaired) electrons. The second kappa shape index (κ2) is 11.9. The van der Waals surface area contributed by atoms with Crippen molar-refractivity contribution in [3.8, 4) is 16.9 Å². The molecule has 44 heavy (non-hydrogen) atoms. The molecule has 2 aromatic heterocycles. The minimum absolute atomic E-state index is 0.159. The summed E-state index contributed by atoms with van der Waals surface area (Å²) in [5.74, 6) is -2.87. The lowest BCUT2D eigenvalue weighted by Gasteiger charge is -2.46. The molecule has 0 bridgehead atoms. The zero-order valence-corrected chi connectivity index (χ0v) is 25.3. The Bertz CT molecular complexity index is 1760. The zero-order chi connectivity index (χ0) is 31.2. The first-order chi connectivity index (χ1) is 21.1. The maximum Gasteiger partial charge on any atom is 0.275 e. The molecule has 2 aromatic carbocycles. The number of methoxy groups -OCH3 is 1. The van der Waals surface area contributed by atoms with E-state index in [-0.39, 0.29) is 12.1 Å². The number of piperazine rings is 1. The van der Waals surface area contributed by atoms with Gasteiger partial charge in [-0.1, -0.05) is 11.6 Å². The Morgan fingerprint density at radius 2 is 1.86 bits per heavy atom. The number of fused-ring (bicyclic) bond motifs is 1. The highest BCUT2D eigenvalue weighted by atomic mass is 35.5. The zero-order valence-electron chi connectivity index (χ0n) is 24.6. The van der Waals surface area contributed by atoms with E-state index in [9.17, 15) is 9.18 Å². The number of alkyl halides is 2. The highest BCUT2D eigenvalue weighted by Gasteiger charge is 2.48. The van der Waals surface area contributed by atoms with Crippen LogP contribution in [-0.2, 0) is 13.6 Å². The van der Waals surface area contributed by atoms with Crippen molar-refractivity contribution in [2.75, 3.05) is 57.0 Å². The third-order valence-electron chi connectivity index (χ3n) is 8.76. The summed E-state index contributed by atoms with van der Waals surface area (Å²) < 4.78 is 52.9. The number of rotatable bonds is 6. The van der Waals surface area contributed by atoms with Gasteiger partial charge in [0.05, 0.1) is 30.8 Å². The number of nitrogens with two attached hydrogens (primary N) is 1. The number of ether oxygens (including phenoxy) is 1. The number of hydrogen-bond donors (Lipinski definition) is 1. The molecule has 2 saturated heterocycles. The van der Waals surface area contributed by atoms with Gasteiger partial charge < -0.3 is 19.9 Å². The highest BCUT2D eigenvalue weighted by molar-refractivity contribution is 6.32. The lowest BCUT2D eigenvalue weighted by molar-refractivity contribution is -0.129. The number of nitrogen functional groups attached to an aromatic ring is 1. The maximum atomic E-state index is 15.7. The number of nitrogens with zero attached hydrogens (tertiary/aromatic N) is 5. The van der Waals surface area contributed by atoms with Crippen molar-refractivity contribution < 1.29 is 17.9 Å². The van der Waals surface area contributed by atoms with Gasteiger partial charge in [-0.25, -0.2) is 13.2 Å². The number of halogens is 4. The average Bonchev–Trinajstić information content (AvgIpc) is 3.00. The molecule has 6 rings (SSSR count). The maximum absolute atomic E-state index is 15.7. The highest BCUT2D eigenvalue weighted by Crippen LogP contribution is 2.39. The number of piperidine rings is 1. The number of pyridine rings is 2. The van der Waals surface area contributed by atoms with Crippen LogP contribution in [0.1, 0.15) is 12.0 Å². The first kappa shape index (κ1) is 30.2. The van der Waals surface area contributed by atoms with Crippen LogP contribution >= 0.6 is 11.6 Å². The molecule has 2 aliphatic heterocycles. The van der Waals surface area contributed by atoms with Gasteiger partial charge in [-0.3, -0.25) is 19.6 Å². The summed E-state index contributed by atoms with van der Waals surface area (Å²) in [4.78, 5) is 22.2. The summed E-state index contributed by atoms with van der Waals surface area (Å²) in [6.45, 7) is 2.00. The standard InChI is InChI=1S/C32H34ClF3N6O2/c1-39-17-24(22-5-7-38-16-23(22)31(39)43)20-13-26(33)25(29(14-20)44-2)18-40-8-6-30(32(35,36)19-40)42-11-9-41(10-12-42)28-4-3-21(37)15-27(28)34/h3-5,7,13-17,30H,6,8-12,18-19,37H2,1-2H3/t30-/m0/s1. The van der Waals surface area contributed by atoms with Gasteiger partial charge in [-0.05, 0) is 53.8 Å². The average molecular weight is 627 g/mol. The number of likely N-dealkylation sites (tertiary alicyclic amines) is 1. The van der Waals surface area contributed by atoms with Gasteiger partial charge in [-0.15, -0.1) is 0 Å². The molecule has 1 atom stereocenters. The topological polar surface area (TPSA) is 79.9 Å². The predicted octanol–water partition coefficient (Wildman–Crippen LogP) is 5.02. The van der Waals surface area contributed by atoms with Crippen LogP contribution in [0.3, 0.4) is 0 Å². The lowest BCUT2D eigenvalue weighted by atomic mass is 9.96. The Kier molecular flexibility index (Phi) is 8.21. The molecule has 2 fully saturated rings. The van der Waals surface area contributed by atoms with E-state index in [2.05, 4.69) is 4.98 Å². The van der Waals surface area contributed by atoms with Crippen molar-refractivity contribution in [1.82, 2.24) is 19.4 Å². The molecule has 0 unspecified atom stereocenters. The number of anilines is 2. The summed E-state index contributed by atoms with van der Waals surface area (Å²) in [7, 11) is 3.20. The van der Waals surface area contributed by atoms with Crippen molar-refractivity contribution in [3.05, 3.63) is 81.7 Å². The molecule has 232 valence electrons. The molecule has 0 amide bonds. The van der Waals surface area contributed by atoms with E-state index in [1.807, 2.05) is 15.9 Å². The van der Waals surface area contributed by atoms with Crippen molar-refractivity contribution in [3.63, 3.8) is 0 Å². The van der Waals surface area contributed by atoms with E-state index >= 15 is 8.78 Å². The van der Waals surface area contributed by atoms with Crippen LogP contribution in [0.25, 0.3) is 21.9 Å². The van der Waals surface area contributed by atoms with Gasteiger partial charge >= 0.3 is 0 Å². The van der Waals surface area contributed by atoms with E-state index in [1.54, 1.807) is 48.6 Å². The van der Waals surface area contributed by atoms with Gasteiger partial charge in [0.1, 0.15) is 11.6 Å². The molecule has 0 aliphatic carbocycles. The summed E-state index contributed by atoms with van der Waals surface area (Å²) in [6, 6.07) is 9.07. The number of aryl methyl sites for hydroxylation is 1. The Labute approximate surface area is 258 Å². The molecule has 0 saturated carbocycles. The van der Waals surface area contributed by atoms with Crippen LogP contribution in [0.5, 0.6) is 5.75 Å². The Morgan fingerprint density at radius 1 is 1.09 bits per heavy atom. The van der Waals surface area contributed by atoms with Crippen LogP contribution in [0, 0.1) is 5.82 Å². The van der Waals surface area contributed by atoms with Crippen molar-refractivity contribution in [2.45, 2.75) is 24.9 Å². The molecule has 2 N–H and O–H groups in total. The van der Waals surface area contributed by atoms with Crippen LogP contribution in [0.4, 0.5) is 24.5 Å².